The van der Waals surface area contributed by atoms with Gasteiger partial charge in [0.05, 0.1) is 5.75 Å². The average molecular weight is 282 g/mol. The highest BCUT2D eigenvalue weighted by molar-refractivity contribution is 7.92. The fourth-order valence-electron chi connectivity index (χ4n) is 1.92. The SMILES string of the molecule is CCCNCc1ccc(NS(=O)(=O)CC2CC2)cc1. The fraction of sp³-hybridized carbons (Fsp3) is 0.571. The van der Waals surface area contributed by atoms with E-state index in [1.54, 1.807) is 0 Å². The van der Waals surface area contributed by atoms with Crippen molar-refractivity contribution in [3.8, 4) is 0 Å². The van der Waals surface area contributed by atoms with Crippen LogP contribution >= 0.6 is 0 Å². The standard InChI is InChI=1S/C14H22N2O2S/c1-2-9-15-10-12-5-7-14(8-6-12)16-19(17,18)11-13-3-4-13/h5-8,13,15-16H,2-4,9-11H2,1H3. The van der Waals surface area contributed by atoms with Crippen molar-refractivity contribution in [1.29, 1.82) is 0 Å². The zero-order valence-electron chi connectivity index (χ0n) is 11.4. The van der Waals surface area contributed by atoms with Crippen molar-refractivity contribution >= 4 is 15.7 Å². The van der Waals surface area contributed by atoms with Crippen LogP contribution in [0, 0.1) is 5.92 Å². The molecule has 0 aliphatic heterocycles. The molecule has 1 aliphatic carbocycles. The highest BCUT2D eigenvalue weighted by Gasteiger charge is 2.27. The minimum Gasteiger partial charge on any atom is -0.313 e. The van der Waals surface area contributed by atoms with Crippen molar-refractivity contribution in [2.24, 2.45) is 5.92 Å². The Kier molecular flexibility index (Phi) is 4.82. The third-order valence-electron chi connectivity index (χ3n) is 3.14. The van der Waals surface area contributed by atoms with Gasteiger partial charge in [-0.1, -0.05) is 19.1 Å². The molecule has 2 rings (SSSR count). The monoisotopic (exact) mass is 282 g/mol. The van der Waals surface area contributed by atoms with Gasteiger partial charge in [-0.25, -0.2) is 8.42 Å². The first kappa shape index (κ1) is 14.3. The lowest BCUT2D eigenvalue weighted by atomic mass is 10.2. The molecule has 1 fully saturated rings. The van der Waals surface area contributed by atoms with E-state index in [4.69, 9.17) is 0 Å². The normalized spacial score (nSPS) is 15.4. The summed E-state index contributed by atoms with van der Waals surface area (Å²) in [5.41, 5.74) is 1.82. The van der Waals surface area contributed by atoms with Crippen LogP contribution in [0.3, 0.4) is 0 Å². The van der Waals surface area contributed by atoms with Crippen molar-refractivity contribution in [2.45, 2.75) is 32.7 Å². The molecule has 5 heteroatoms. The Morgan fingerprint density at radius 3 is 2.47 bits per heavy atom. The van der Waals surface area contributed by atoms with E-state index in [0.717, 1.165) is 32.4 Å². The maximum Gasteiger partial charge on any atom is 0.232 e. The van der Waals surface area contributed by atoms with E-state index in [9.17, 15) is 8.42 Å². The molecule has 1 saturated carbocycles. The van der Waals surface area contributed by atoms with Crippen LogP contribution in [0.5, 0.6) is 0 Å². The first-order valence-corrected chi connectivity index (χ1v) is 8.54. The van der Waals surface area contributed by atoms with Gasteiger partial charge in [-0.3, -0.25) is 4.72 Å². The number of sulfonamides is 1. The molecule has 1 aliphatic rings. The van der Waals surface area contributed by atoms with E-state index >= 15 is 0 Å². The van der Waals surface area contributed by atoms with Gasteiger partial charge in [0.15, 0.2) is 0 Å². The minimum atomic E-state index is -3.17. The second-order valence-electron chi connectivity index (χ2n) is 5.20. The molecule has 0 spiro atoms. The summed E-state index contributed by atoms with van der Waals surface area (Å²) in [6.07, 6.45) is 3.20. The molecule has 106 valence electrons. The molecule has 0 unspecified atom stereocenters. The van der Waals surface area contributed by atoms with Gasteiger partial charge in [-0.05, 0) is 49.4 Å². The van der Waals surface area contributed by atoms with Gasteiger partial charge in [0, 0.05) is 12.2 Å². The summed E-state index contributed by atoms with van der Waals surface area (Å²) in [4.78, 5) is 0. The van der Waals surface area contributed by atoms with Crippen LogP contribution in [-0.4, -0.2) is 20.7 Å². The number of rotatable bonds is 8. The third kappa shape index (κ3) is 5.20. The van der Waals surface area contributed by atoms with Crippen LogP contribution in [0.1, 0.15) is 31.7 Å². The second-order valence-corrected chi connectivity index (χ2v) is 6.97. The molecule has 2 N–H and O–H groups in total. The van der Waals surface area contributed by atoms with E-state index in [1.165, 1.54) is 5.56 Å². The fourth-order valence-corrected chi connectivity index (χ4v) is 3.45. The van der Waals surface area contributed by atoms with Gasteiger partial charge in [0.1, 0.15) is 0 Å². The molecule has 1 aromatic carbocycles. The molecule has 0 heterocycles. The van der Waals surface area contributed by atoms with Crippen LogP contribution in [-0.2, 0) is 16.6 Å². The van der Waals surface area contributed by atoms with Gasteiger partial charge < -0.3 is 5.32 Å². The van der Waals surface area contributed by atoms with E-state index in [1.807, 2.05) is 24.3 Å². The Balaban J connectivity index is 1.87. The predicted molar refractivity (Wildman–Crippen MR) is 78.6 cm³/mol. The topological polar surface area (TPSA) is 58.2 Å². The summed E-state index contributed by atoms with van der Waals surface area (Å²) < 4.78 is 26.3. The van der Waals surface area contributed by atoms with Crippen molar-refractivity contribution in [3.05, 3.63) is 29.8 Å². The third-order valence-corrected chi connectivity index (χ3v) is 4.59. The van der Waals surface area contributed by atoms with Gasteiger partial charge in [-0.15, -0.1) is 0 Å². The summed E-state index contributed by atoms with van der Waals surface area (Å²) in [5, 5.41) is 3.31. The largest absolute Gasteiger partial charge is 0.313 e. The lowest BCUT2D eigenvalue weighted by Gasteiger charge is -2.08. The van der Waals surface area contributed by atoms with E-state index < -0.39 is 10.0 Å². The molecular formula is C14H22N2O2S. The molecule has 1 aromatic rings. The summed E-state index contributed by atoms with van der Waals surface area (Å²) in [7, 11) is -3.17. The van der Waals surface area contributed by atoms with Crippen LogP contribution in [0.2, 0.25) is 0 Å². The average Bonchev–Trinajstić information content (AvgIpc) is 3.14. The Labute approximate surface area is 115 Å². The molecule has 19 heavy (non-hydrogen) atoms. The van der Waals surface area contributed by atoms with Gasteiger partial charge >= 0.3 is 0 Å². The Morgan fingerprint density at radius 2 is 1.89 bits per heavy atom. The molecule has 4 nitrogen and oxygen atoms in total. The number of benzene rings is 1. The molecule has 0 radical (unpaired) electrons. The van der Waals surface area contributed by atoms with Crippen molar-refractivity contribution in [2.75, 3.05) is 17.0 Å². The number of anilines is 1. The molecule has 0 amide bonds. The maximum atomic E-state index is 11.8. The zero-order valence-corrected chi connectivity index (χ0v) is 12.2. The van der Waals surface area contributed by atoms with Crippen molar-refractivity contribution in [1.82, 2.24) is 5.32 Å². The lowest BCUT2D eigenvalue weighted by Crippen LogP contribution is -2.18. The van der Waals surface area contributed by atoms with Crippen molar-refractivity contribution in [3.63, 3.8) is 0 Å². The first-order chi connectivity index (χ1) is 9.09. The summed E-state index contributed by atoms with van der Waals surface area (Å²) in [5.74, 6) is 0.627. The smallest absolute Gasteiger partial charge is 0.232 e. The Bertz CT molecular complexity index is 493. The van der Waals surface area contributed by atoms with Crippen LogP contribution in [0.4, 0.5) is 5.69 Å². The van der Waals surface area contributed by atoms with Crippen LogP contribution in [0.15, 0.2) is 24.3 Å². The van der Waals surface area contributed by atoms with E-state index in [0.29, 0.717) is 11.6 Å². The quantitative estimate of drug-likeness (QED) is 0.720. The first-order valence-electron chi connectivity index (χ1n) is 6.89. The Hall–Kier alpha value is -1.07. The molecular weight excluding hydrogens is 260 g/mol. The lowest BCUT2D eigenvalue weighted by molar-refractivity contribution is 0.597. The van der Waals surface area contributed by atoms with Crippen molar-refractivity contribution < 1.29 is 8.42 Å². The van der Waals surface area contributed by atoms with Gasteiger partial charge in [0.2, 0.25) is 10.0 Å². The minimum absolute atomic E-state index is 0.257. The maximum absolute atomic E-state index is 11.8. The second kappa shape index (κ2) is 6.39. The number of hydrogen-bond acceptors (Lipinski definition) is 3. The Morgan fingerprint density at radius 1 is 1.21 bits per heavy atom. The predicted octanol–water partition coefficient (Wildman–Crippen LogP) is 2.34. The number of nitrogens with one attached hydrogen (secondary N) is 2. The summed E-state index contributed by atoms with van der Waals surface area (Å²) in [6, 6.07) is 7.57. The highest BCUT2D eigenvalue weighted by Crippen LogP contribution is 2.30. The van der Waals surface area contributed by atoms with E-state index in [-0.39, 0.29) is 5.75 Å². The van der Waals surface area contributed by atoms with Crippen LogP contribution < -0.4 is 10.0 Å². The summed E-state index contributed by atoms with van der Waals surface area (Å²) in [6.45, 7) is 3.95. The molecule has 0 bridgehead atoms. The summed E-state index contributed by atoms with van der Waals surface area (Å²) >= 11 is 0. The zero-order chi connectivity index (χ0) is 13.7. The molecule has 0 saturated heterocycles. The number of hydrogen-bond donors (Lipinski definition) is 2. The van der Waals surface area contributed by atoms with Crippen LogP contribution in [0.25, 0.3) is 0 Å². The van der Waals surface area contributed by atoms with E-state index in [2.05, 4.69) is 17.0 Å². The highest BCUT2D eigenvalue weighted by atomic mass is 32.2. The van der Waals surface area contributed by atoms with Gasteiger partial charge in [-0.2, -0.15) is 0 Å². The van der Waals surface area contributed by atoms with Gasteiger partial charge in [0.25, 0.3) is 0 Å². The molecule has 0 atom stereocenters. The molecule has 0 aromatic heterocycles.